The number of aromatic nitrogens is 2. The van der Waals surface area contributed by atoms with Crippen LogP contribution in [0.4, 0.5) is 5.82 Å². The lowest BCUT2D eigenvalue weighted by Crippen LogP contribution is -2.10. The Morgan fingerprint density at radius 3 is 2.58 bits per heavy atom. The van der Waals surface area contributed by atoms with Crippen LogP contribution in [0.3, 0.4) is 0 Å². The van der Waals surface area contributed by atoms with Gasteiger partial charge in [-0.2, -0.15) is 0 Å². The van der Waals surface area contributed by atoms with E-state index in [0.717, 1.165) is 5.92 Å². The maximum Gasteiger partial charge on any atom is 0.343 e. The van der Waals surface area contributed by atoms with Crippen molar-refractivity contribution in [3.05, 3.63) is 17.0 Å². The number of hydrogen-bond donors (Lipinski definition) is 1. The van der Waals surface area contributed by atoms with Crippen molar-refractivity contribution in [1.29, 1.82) is 0 Å². The van der Waals surface area contributed by atoms with Gasteiger partial charge in [-0.1, -0.05) is 64.7 Å². The summed E-state index contributed by atoms with van der Waals surface area (Å²) in [5.74, 6) is 0.588. The molecule has 2 rings (SSSR count). The molecule has 1 aliphatic carbocycles. The molecule has 5 nitrogen and oxygen atoms in total. The summed E-state index contributed by atoms with van der Waals surface area (Å²) in [7, 11) is 0. The molecule has 1 aromatic heterocycles. The summed E-state index contributed by atoms with van der Waals surface area (Å²) in [5, 5.41) is 0.00514. The average molecular weight is 356 g/mol. The topological polar surface area (TPSA) is 78.1 Å². The molecule has 0 atom stereocenters. The molecule has 0 amide bonds. The monoisotopic (exact) mass is 355 g/mol. The summed E-state index contributed by atoms with van der Waals surface area (Å²) in [6.07, 6.45) is 14.7. The van der Waals surface area contributed by atoms with Crippen LogP contribution in [0.25, 0.3) is 0 Å². The lowest BCUT2D eigenvalue weighted by Gasteiger charge is -2.20. The molecule has 0 aromatic carbocycles. The number of hydrogen-bond acceptors (Lipinski definition) is 5. The van der Waals surface area contributed by atoms with Crippen LogP contribution in [0.1, 0.15) is 82.0 Å². The van der Waals surface area contributed by atoms with E-state index < -0.39 is 5.97 Å². The molecule has 0 aliphatic heterocycles. The van der Waals surface area contributed by atoms with Gasteiger partial charge in [0.25, 0.3) is 0 Å². The number of anilines is 1. The Labute approximate surface area is 150 Å². The first-order valence-corrected chi connectivity index (χ1v) is 9.41. The highest BCUT2D eigenvalue weighted by Gasteiger charge is 2.13. The largest absolute Gasteiger partial charge is 0.462 e. The lowest BCUT2D eigenvalue weighted by molar-refractivity contribution is 0.0526. The van der Waals surface area contributed by atoms with E-state index in [1.54, 1.807) is 6.92 Å². The fraction of sp³-hybridized carbons (Fsp3) is 0.722. The molecule has 2 N–H and O–H groups in total. The summed E-state index contributed by atoms with van der Waals surface area (Å²) < 4.78 is 4.71. The van der Waals surface area contributed by atoms with Crippen LogP contribution in [0.2, 0.25) is 5.28 Å². The smallest absolute Gasteiger partial charge is 0.343 e. The van der Waals surface area contributed by atoms with Gasteiger partial charge in [-0.25, -0.2) is 14.8 Å². The molecule has 1 aliphatic rings. The molecule has 0 bridgehead atoms. The minimum atomic E-state index is -0.545. The molecule has 0 unspecified atom stereocenters. The Morgan fingerprint density at radius 2 is 2.00 bits per heavy atom. The molecule has 6 heteroatoms. The van der Waals surface area contributed by atoms with Crippen LogP contribution >= 0.6 is 11.6 Å². The van der Waals surface area contributed by atoms with Gasteiger partial charge in [0.2, 0.25) is 5.28 Å². The summed E-state index contributed by atoms with van der Waals surface area (Å²) in [6.45, 7) is 4.27. The number of nitrogen functional groups attached to an aromatic ring is 1. The first-order valence-electron chi connectivity index (χ1n) is 9.03. The Hall–Kier alpha value is -1.36. The van der Waals surface area contributed by atoms with E-state index in [2.05, 4.69) is 16.9 Å². The molecular weight excluding hydrogens is 326 g/mol. The number of carbonyl (C=O) groups excluding carboxylic acids is 1. The van der Waals surface area contributed by atoms with Crippen molar-refractivity contribution in [2.75, 3.05) is 12.3 Å². The second-order valence-electron chi connectivity index (χ2n) is 6.16. The number of halogens is 1. The molecule has 1 heterocycles. The van der Waals surface area contributed by atoms with Crippen molar-refractivity contribution in [3.8, 4) is 0 Å². The average Bonchev–Trinajstić information content (AvgIpc) is 2.57. The van der Waals surface area contributed by atoms with E-state index in [0.29, 0.717) is 0 Å². The van der Waals surface area contributed by atoms with Crippen LogP contribution in [-0.2, 0) is 4.74 Å². The number of unbranched alkanes of at least 4 members (excludes halogenated alkanes) is 2. The van der Waals surface area contributed by atoms with Gasteiger partial charge in [-0.15, -0.1) is 0 Å². The molecule has 0 saturated heterocycles. The molecular formula is C18H30ClN3O2. The highest BCUT2D eigenvalue weighted by Crippen LogP contribution is 2.27. The maximum absolute atomic E-state index is 11.2. The number of nitrogens with two attached hydrogens (primary N) is 1. The summed E-state index contributed by atoms with van der Waals surface area (Å²) in [6, 6.07) is 0. The van der Waals surface area contributed by atoms with E-state index in [9.17, 15) is 4.79 Å². The van der Waals surface area contributed by atoms with Crippen molar-refractivity contribution in [2.24, 2.45) is 5.92 Å². The lowest BCUT2D eigenvalue weighted by atomic mass is 9.86. The van der Waals surface area contributed by atoms with Gasteiger partial charge in [-0.3, -0.25) is 0 Å². The van der Waals surface area contributed by atoms with Crippen LogP contribution in [0.5, 0.6) is 0 Å². The Balaban J connectivity index is 0.000000243. The van der Waals surface area contributed by atoms with E-state index in [1.807, 2.05) is 0 Å². The normalized spacial score (nSPS) is 14.6. The fourth-order valence-electron chi connectivity index (χ4n) is 2.90. The second kappa shape index (κ2) is 12.1. The predicted molar refractivity (Wildman–Crippen MR) is 98.1 cm³/mol. The van der Waals surface area contributed by atoms with E-state index in [4.69, 9.17) is 22.1 Å². The van der Waals surface area contributed by atoms with E-state index in [-0.39, 0.29) is 23.3 Å². The number of rotatable bonds is 6. The number of esters is 1. The minimum absolute atomic E-state index is 0.00514. The second-order valence-corrected chi connectivity index (χ2v) is 6.50. The summed E-state index contributed by atoms with van der Waals surface area (Å²) in [4.78, 5) is 18.4. The summed E-state index contributed by atoms with van der Waals surface area (Å²) in [5.41, 5.74) is 5.55. The van der Waals surface area contributed by atoms with Gasteiger partial charge < -0.3 is 10.5 Å². The van der Waals surface area contributed by atoms with Gasteiger partial charge in [0, 0.05) is 6.20 Å². The predicted octanol–water partition coefficient (Wildman–Crippen LogP) is 5.04. The summed E-state index contributed by atoms with van der Waals surface area (Å²) >= 11 is 5.44. The van der Waals surface area contributed by atoms with Crippen molar-refractivity contribution >= 4 is 23.4 Å². The molecule has 1 fully saturated rings. The zero-order valence-electron chi connectivity index (χ0n) is 14.9. The Bertz CT molecular complexity index is 491. The molecule has 1 saturated carbocycles. The first kappa shape index (κ1) is 20.7. The SMILES string of the molecule is CCCCCC1CCCCC1.CCOC(=O)c1cnc(Cl)nc1N. The quantitative estimate of drug-likeness (QED) is 0.439. The van der Waals surface area contributed by atoms with Gasteiger partial charge >= 0.3 is 5.97 Å². The Morgan fingerprint density at radius 1 is 1.29 bits per heavy atom. The van der Waals surface area contributed by atoms with E-state index in [1.165, 1.54) is 64.0 Å². The van der Waals surface area contributed by atoms with Gasteiger partial charge in [-0.05, 0) is 24.4 Å². The van der Waals surface area contributed by atoms with Crippen molar-refractivity contribution in [2.45, 2.75) is 71.6 Å². The number of carbonyl (C=O) groups is 1. The third-order valence-electron chi connectivity index (χ3n) is 4.22. The number of nitrogens with zero attached hydrogens (tertiary/aromatic N) is 2. The van der Waals surface area contributed by atoms with E-state index >= 15 is 0 Å². The maximum atomic E-state index is 11.2. The molecule has 0 radical (unpaired) electrons. The third-order valence-corrected chi connectivity index (χ3v) is 4.41. The van der Waals surface area contributed by atoms with Gasteiger partial charge in [0.15, 0.2) is 0 Å². The minimum Gasteiger partial charge on any atom is -0.462 e. The standard InChI is InChI=1S/C11H22.C7H8ClN3O2/c1-2-3-5-8-11-9-6-4-7-10-11;1-2-13-6(12)4-3-10-7(8)11-5(4)9/h11H,2-10H2,1H3;3H,2H2,1H3,(H2,9,10,11). The van der Waals surface area contributed by atoms with Crippen molar-refractivity contribution in [1.82, 2.24) is 9.97 Å². The van der Waals surface area contributed by atoms with Crippen LogP contribution in [0, 0.1) is 5.92 Å². The van der Waals surface area contributed by atoms with Crippen molar-refractivity contribution < 1.29 is 9.53 Å². The first-order chi connectivity index (χ1) is 11.6. The third kappa shape index (κ3) is 7.95. The fourth-order valence-corrected chi connectivity index (χ4v) is 3.04. The van der Waals surface area contributed by atoms with Crippen LogP contribution < -0.4 is 5.73 Å². The Kier molecular flexibility index (Phi) is 10.4. The van der Waals surface area contributed by atoms with Gasteiger partial charge in [0.1, 0.15) is 11.4 Å². The van der Waals surface area contributed by atoms with Gasteiger partial charge in [0.05, 0.1) is 6.61 Å². The van der Waals surface area contributed by atoms with Crippen LogP contribution in [-0.4, -0.2) is 22.5 Å². The van der Waals surface area contributed by atoms with Crippen molar-refractivity contribution in [3.63, 3.8) is 0 Å². The zero-order valence-corrected chi connectivity index (χ0v) is 15.6. The highest BCUT2D eigenvalue weighted by molar-refractivity contribution is 6.28. The molecule has 136 valence electrons. The van der Waals surface area contributed by atoms with Crippen LogP contribution in [0.15, 0.2) is 6.20 Å². The molecule has 24 heavy (non-hydrogen) atoms. The molecule has 1 aromatic rings. The number of ether oxygens (including phenoxy) is 1. The molecule has 0 spiro atoms. The zero-order chi connectivity index (χ0) is 17.8. The highest BCUT2D eigenvalue weighted by atomic mass is 35.5.